The molecule has 7 nitrogen and oxygen atoms in total. The van der Waals surface area contributed by atoms with Crippen molar-refractivity contribution in [1.29, 1.82) is 0 Å². The van der Waals surface area contributed by atoms with Crippen LogP contribution in [0.4, 0.5) is 0 Å². The normalized spacial score (nSPS) is 14.8. The van der Waals surface area contributed by atoms with Crippen molar-refractivity contribution in [2.75, 3.05) is 59.7 Å². The molecule has 1 aliphatic rings. The van der Waals surface area contributed by atoms with Gasteiger partial charge in [0.2, 0.25) is 5.91 Å². The maximum Gasteiger partial charge on any atom is 0.260 e. The van der Waals surface area contributed by atoms with Gasteiger partial charge in [0.05, 0.1) is 13.2 Å². The van der Waals surface area contributed by atoms with Gasteiger partial charge < -0.3 is 24.0 Å². The minimum absolute atomic E-state index is 0.000215. The Hall–Kier alpha value is -2.12. The Morgan fingerprint density at radius 2 is 1.55 bits per heavy atom. The highest BCUT2D eigenvalue weighted by molar-refractivity contribution is 5.80. The van der Waals surface area contributed by atoms with Crippen molar-refractivity contribution < 1.29 is 23.8 Å². The molecule has 0 atom stereocenters. The van der Waals surface area contributed by atoms with Gasteiger partial charge in [-0.05, 0) is 24.0 Å². The fourth-order valence-electron chi connectivity index (χ4n) is 3.18. The lowest BCUT2D eigenvalue weighted by Crippen LogP contribution is -2.52. The van der Waals surface area contributed by atoms with E-state index >= 15 is 0 Å². The first-order valence-corrected chi connectivity index (χ1v) is 10.1. The third-order valence-corrected chi connectivity index (χ3v) is 4.94. The number of amides is 2. The number of benzene rings is 1. The zero-order valence-corrected chi connectivity index (χ0v) is 18.3. The molecular formula is C22H34N2O5. The Morgan fingerprint density at radius 1 is 0.966 bits per heavy atom. The Balaban J connectivity index is 1.81. The Morgan fingerprint density at radius 3 is 2.10 bits per heavy atom. The molecule has 0 aromatic heterocycles. The summed E-state index contributed by atoms with van der Waals surface area (Å²) in [5, 5.41) is 0. The quantitative estimate of drug-likeness (QED) is 0.618. The van der Waals surface area contributed by atoms with E-state index in [2.05, 4.69) is 26.8 Å². The third-order valence-electron chi connectivity index (χ3n) is 4.94. The van der Waals surface area contributed by atoms with Crippen LogP contribution in [0.25, 0.3) is 0 Å². The molecule has 0 spiro atoms. The second-order valence-corrected chi connectivity index (χ2v) is 8.35. The van der Waals surface area contributed by atoms with Gasteiger partial charge in [-0.1, -0.05) is 38.5 Å². The van der Waals surface area contributed by atoms with Gasteiger partial charge in [-0.15, -0.1) is 0 Å². The summed E-state index contributed by atoms with van der Waals surface area (Å²) in [6.07, 6.45) is 0. The highest BCUT2D eigenvalue weighted by Crippen LogP contribution is 2.32. The molecule has 7 heteroatoms. The number of methoxy groups -OCH3 is 1. The molecule has 0 N–H and O–H groups in total. The van der Waals surface area contributed by atoms with Crippen molar-refractivity contribution in [3.8, 4) is 5.75 Å². The van der Waals surface area contributed by atoms with Gasteiger partial charge in [0, 0.05) is 33.3 Å². The van der Waals surface area contributed by atoms with E-state index in [0.717, 1.165) is 11.3 Å². The fraction of sp³-hybridized carbons (Fsp3) is 0.636. The van der Waals surface area contributed by atoms with Gasteiger partial charge in [-0.3, -0.25) is 9.59 Å². The lowest BCUT2D eigenvalue weighted by atomic mass is 9.85. The van der Waals surface area contributed by atoms with Crippen molar-refractivity contribution in [1.82, 2.24) is 9.80 Å². The van der Waals surface area contributed by atoms with Gasteiger partial charge >= 0.3 is 0 Å². The van der Waals surface area contributed by atoms with E-state index in [-0.39, 0.29) is 30.4 Å². The highest BCUT2D eigenvalue weighted by atomic mass is 16.5. The van der Waals surface area contributed by atoms with Crippen molar-refractivity contribution in [3.63, 3.8) is 0 Å². The standard InChI is InChI=1S/C22H34N2O5/c1-17-6-7-19(18(14-17)22(2,3)4)29-16-21(26)24-10-8-23(9-11-24)20(25)15-28-13-12-27-5/h6-7,14H,8-13,15-16H2,1-5H3. The van der Waals surface area contributed by atoms with Gasteiger partial charge in [0.25, 0.3) is 5.91 Å². The molecule has 1 aromatic rings. The summed E-state index contributed by atoms with van der Waals surface area (Å²) in [7, 11) is 1.59. The summed E-state index contributed by atoms with van der Waals surface area (Å²) in [5.74, 6) is 0.631. The number of hydrogen-bond donors (Lipinski definition) is 0. The molecule has 0 unspecified atom stereocenters. The van der Waals surface area contributed by atoms with Gasteiger partial charge in [0.1, 0.15) is 12.4 Å². The van der Waals surface area contributed by atoms with E-state index in [1.54, 1.807) is 16.9 Å². The van der Waals surface area contributed by atoms with Crippen LogP contribution in [0, 0.1) is 6.92 Å². The molecule has 1 fully saturated rings. The van der Waals surface area contributed by atoms with Gasteiger partial charge in [0.15, 0.2) is 6.61 Å². The van der Waals surface area contributed by atoms with E-state index in [9.17, 15) is 9.59 Å². The molecule has 1 aliphatic heterocycles. The van der Waals surface area contributed by atoms with Gasteiger partial charge in [-0.25, -0.2) is 0 Å². The number of piperazine rings is 1. The molecular weight excluding hydrogens is 372 g/mol. The number of carbonyl (C=O) groups is 2. The lowest BCUT2D eigenvalue weighted by Gasteiger charge is -2.34. The van der Waals surface area contributed by atoms with Crippen LogP contribution in [0.2, 0.25) is 0 Å². The molecule has 1 saturated heterocycles. The molecule has 0 saturated carbocycles. The largest absolute Gasteiger partial charge is 0.483 e. The topological polar surface area (TPSA) is 68.3 Å². The first kappa shape index (κ1) is 23.2. The van der Waals surface area contributed by atoms with E-state index in [1.807, 2.05) is 19.1 Å². The molecule has 29 heavy (non-hydrogen) atoms. The minimum Gasteiger partial charge on any atom is -0.483 e. The van der Waals surface area contributed by atoms with Crippen molar-refractivity contribution >= 4 is 11.8 Å². The highest BCUT2D eigenvalue weighted by Gasteiger charge is 2.25. The molecule has 162 valence electrons. The van der Waals surface area contributed by atoms with Crippen LogP contribution in [-0.2, 0) is 24.5 Å². The Kier molecular flexibility index (Phi) is 8.46. The zero-order chi connectivity index (χ0) is 21.4. The smallest absolute Gasteiger partial charge is 0.260 e. The summed E-state index contributed by atoms with van der Waals surface area (Å²) in [6.45, 7) is 11.4. The van der Waals surface area contributed by atoms with Crippen LogP contribution in [0.5, 0.6) is 5.75 Å². The summed E-state index contributed by atoms with van der Waals surface area (Å²) in [4.78, 5) is 28.2. The van der Waals surface area contributed by atoms with E-state index in [1.165, 1.54) is 5.56 Å². The average molecular weight is 407 g/mol. The van der Waals surface area contributed by atoms with E-state index in [4.69, 9.17) is 14.2 Å². The summed E-state index contributed by atoms with van der Waals surface area (Å²) < 4.78 is 16.1. The third kappa shape index (κ3) is 7.01. The SMILES string of the molecule is COCCOCC(=O)N1CCN(C(=O)COc2ccc(C)cc2C(C)(C)C)CC1. The average Bonchev–Trinajstić information content (AvgIpc) is 2.69. The van der Waals surface area contributed by atoms with Crippen molar-refractivity contribution in [3.05, 3.63) is 29.3 Å². The van der Waals surface area contributed by atoms with Crippen LogP contribution in [0.1, 0.15) is 31.9 Å². The maximum absolute atomic E-state index is 12.6. The number of carbonyl (C=O) groups excluding carboxylic acids is 2. The predicted octanol–water partition coefficient (Wildman–Crippen LogP) is 2.01. The van der Waals surface area contributed by atoms with Crippen molar-refractivity contribution in [2.45, 2.75) is 33.1 Å². The van der Waals surface area contributed by atoms with Crippen LogP contribution in [0.3, 0.4) is 0 Å². The molecule has 1 heterocycles. The van der Waals surface area contributed by atoms with Crippen molar-refractivity contribution in [2.24, 2.45) is 0 Å². The minimum atomic E-state index is -0.0677. The molecule has 0 aliphatic carbocycles. The van der Waals surface area contributed by atoms with Crippen LogP contribution < -0.4 is 4.74 Å². The summed E-state index contributed by atoms with van der Waals surface area (Å²) >= 11 is 0. The fourth-order valence-corrected chi connectivity index (χ4v) is 3.18. The second kappa shape index (κ2) is 10.6. The van der Waals surface area contributed by atoms with Gasteiger partial charge in [-0.2, -0.15) is 0 Å². The lowest BCUT2D eigenvalue weighted by molar-refractivity contribution is -0.143. The van der Waals surface area contributed by atoms with Crippen LogP contribution >= 0.6 is 0 Å². The number of nitrogens with zero attached hydrogens (tertiary/aromatic N) is 2. The summed E-state index contributed by atoms with van der Waals surface area (Å²) in [6, 6.07) is 6.04. The number of hydrogen-bond acceptors (Lipinski definition) is 5. The Labute approximate surface area is 173 Å². The molecule has 2 amide bonds. The molecule has 2 rings (SSSR count). The first-order valence-electron chi connectivity index (χ1n) is 10.1. The molecule has 0 radical (unpaired) electrons. The molecule has 1 aromatic carbocycles. The number of rotatable bonds is 8. The van der Waals surface area contributed by atoms with E-state index < -0.39 is 0 Å². The maximum atomic E-state index is 12.6. The van der Waals surface area contributed by atoms with Crippen LogP contribution in [-0.4, -0.2) is 81.3 Å². The number of aryl methyl sites for hydroxylation is 1. The summed E-state index contributed by atoms with van der Waals surface area (Å²) in [5.41, 5.74) is 2.19. The monoisotopic (exact) mass is 406 g/mol. The Bertz CT molecular complexity index is 691. The second-order valence-electron chi connectivity index (χ2n) is 8.35. The predicted molar refractivity (Wildman–Crippen MR) is 111 cm³/mol. The van der Waals surface area contributed by atoms with E-state index in [0.29, 0.717) is 39.4 Å². The number of ether oxygens (including phenoxy) is 3. The van der Waals surface area contributed by atoms with Crippen LogP contribution in [0.15, 0.2) is 18.2 Å². The molecule has 0 bridgehead atoms. The first-order chi connectivity index (χ1) is 13.7. The zero-order valence-electron chi connectivity index (χ0n) is 18.3.